The van der Waals surface area contributed by atoms with Gasteiger partial charge in [0.25, 0.3) is 0 Å². The zero-order valence-electron chi connectivity index (χ0n) is 15.4. The highest BCUT2D eigenvalue weighted by atomic mass is 16.5. The van der Waals surface area contributed by atoms with E-state index >= 15 is 0 Å². The molecule has 0 bridgehead atoms. The Morgan fingerprint density at radius 2 is 1.72 bits per heavy atom. The molecule has 5 nitrogen and oxygen atoms in total. The van der Waals surface area contributed by atoms with Crippen LogP contribution < -0.4 is 20.1 Å². The summed E-state index contributed by atoms with van der Waals surface area (Å²) in [6.07, 6.45) is -0.0331. The highest BCUT2D eigenvalue weighted by molar-refractivity contribution is 5.79. The number of hydrogen-bond acceptors (Lipinski definition) is 3. The zero-order valence-corrected chi connectivity index (χ0v) is 15.4. The summed E-state index contributed by atoms with van der Waals surface area (Å²) >= 11 is 0. The minimum absolute atomic E-state index is 0.0331. The number of guanidine groups is 1. The summed E-state index contributed by atoms with van der Waals surface area (Å²) in [6, 6.07) is 16.1. The minimum Gasteiger partial charge on any atom is -0.493 e. The summed E-state index contributed by atoms with van der Waals surface area (Å²) in [6.45, 7) is 5.45. The van der Waals surface area contributed by atoms with E-state index in [0.717, 1.165) is 24.0 Å². The maximum Gasteiger partial charge on any atom is 0.191 e. The molecule has 1 unspecified atom stereocenters. The number of aliphatic imine (C=N–C) groups is 1. The number of para-hydroxylation sites is 2. The summed E-state index contributed by atoms with van der Waals surface area (Å²) in [7, 11) is 3.40. The Morgan fingerprint density at radius 3 is 2.36 bits per heavy atom. The maximum atomic E-state index is 5.94. The molecule has 1 atom stereocenters. The van der Waals surface area contributed by atoms with Gasteiger partial charge in [0.2, 0.25) is 0 Å². The largest absolute Gasteiger partial charge is 0.493 e. The predicted molar refractivity (Wildman–Crippen MR) is 102 cm³/mol. The average Bonchev–Trinajstić information content (AvgIpc) is 2.63. The van der Waals surface area contributed by atoms with E-state index in [1.807, 2.05) is 31.2 Å². The second-order valence-electron chi connectivity index (χ2n) is 5.87. The van der Waals surface area contributed by atoms with Gasteiger partial charge in [0, 0.05) is 13.6 Å². The van der Waals surface area contributed by atoms with Crippen LogP contribution in [0.2, 0.25) is 0 Å². The van der Waals surface area contributed by atoms with Gasteiger partial charge in [-0.05, 0) is 31.5 Å². The quantitative estimate of drug-likeness (QED) is 0.600. The van der Waals surface area contributed by atoms with E-state index in [4.69, 9.17) is 9.47 Å². The van der Waals surface area contributed by atoms with Gasteiger partial charge in [0.15, 0.2) is 17.5 Å². The van der Waals surface area contributed by atoms with Crippen molar-refractivity contribution >= 4 is 5.96 Å². The number of nitrogens with zero attached hydrogens (tertiary/aromatic N) is 1. The molecule has 2 rings (SSSR count). The fourth-order valence-corrected chi connectivity index (χ4v) is 2.33. The highest BCUT2D eigenvalue weighted by Crippen LogP contribution is 2.26. The van der Waals surface area contributed by atoms with E-state index < -0.39 is 0 Å². The van der Waals surface area contributed by atoms with Crippen molar-refractivity contribution in [3.63, 3.8) is 0 Å². The molecule has 0 spiro atoms. The molecule has 2 aromatic rings. The van der Waals surface area contributed by atoms with Crippen LogP contribution in [0, 0.1) is 6.92 Å². The van der Waals surface area contributed by atoms with Crippen LogP contribution in [0.5, 0.6) is 11.5 Å². The van der Waals surface area contributed by atoms with Gasteiger partial charge in [0.1, 0.15) is 6.10 Å². The summed E-state index contributed by atoms with van der Waals surface area (Å²) in [5, 5.41) is 6.59. The van der Waals surface area contributed by atoms with Gasteiger partial charge < -0.3 is 20.1 Å². The molecule has 0 saturated heterocycles. The molecule has 134 valence electrons. The van der Waals surface area contributed by atoms with E-state index in [0.29, 0.717) is 6.54 Å². The highest BCUT2D eigenvalue weighted by Gasteiger charge is 2.09. The molecular weight excluding hydrogens is 314 g/mol. The Kier molecular flexibility index (Phi) is 7.14. The van der Waals surface area contributed by atoms with Gasteiger partial charge in [0.05, 0.1) is 13.7 Å². The number of benzene rings is 2. The first-order valence-electron chi connectivity index (χ1n) is 8.42. The minimum atomic E-state index is -0.0331. The van der Waals surface area contributed by atoms with Crippen LogP contribution in [0.3, 0.4) is 0 Å². The van der Waals surface area contributed by atoms with Gasteiger partial charge in [-0.15, -0.1) is 0 Å². The van der Waals surface area contributed by atoms with Gasteiger partial charge in [-0.1, -0.05) is 42.0 Å². The number of hydrogen-bond donors (Lipinski definition) is 2. The van der Waals surface area contributed by atoms with Crippen LogP contribution in [0.1, 0.15) is 18.1 Å². The standard InChI is InChI=1S/C20H27N3O2/c1-15-9-11-17(12-10-15)14-23-20(21-3)22-13-16(2)25-19-8-6-5-7-18(19)24-4/h5-12,16H,13-14H2,1-4H3,(H2,21,22,23). The molecule has 0 radical (unpaired) electrons. The molecule has 0 amide bonds. The smallest absolute Gasteiger partial charge is 0.191 e. The van der Waals surface area contributed by atoms with Crippen molar-refractivity contribution in [2.45, 2.75) is 26.5 Å². The Balaban J connectivity index is 1.80. The molecule has 0 fully saturated rings. The molecule has 0 saturated carbocycles. The van der Waals surface area contributed by atoms with Crippen molar-refractivity contribution in [1.29, 1.82) is 0 Å². The number of nitrogens with one attached hydrogen (secondary N) is 2. The van der Waals surface area contributed by atoms with E-state index in [1.165, 1.54) is 11.1 Å². The monoisotopic (exact) mass is 341 g/mol. The van der Waals surface area contributed by atoms with Crippen LogP contribution >= 0.6 is 0 Å². The molecule has 0 aliphatic carbocycles. The van der Waals surface area contributed by atoms with Gasteiger partial charge in [-0.2, -0.15) is 0 Å². The Labute approximate surface area is 150 Å². The van der Waals surface area contributed by atoms with Crippen LogP contribution in [-0.2, 0) is 6.54 Å². The van der Waals surface area contributed by atoms with Crippen molar-refractivity contribution in [3.05, 3.63) is 59.7 Å². The first-order valence-corrected chi connectivity index (χ1v) is 8.42. The van der Waals surface area contributed by atoms with Crippen molar-refractivity contribution in [2.24, 2.45) is 4.99 Å². The Morgan fingerprint density at radius 1 is 1.04 bits per heavy atom. The van der Waals surface area contributed by atoms with Crippen LogP contribution in [0.4, 0.5) is 0 Å². The van der Waals surface area contributed by atoms with Crippen LogP contribution in [0.15, 0.2) is 53.5 Å². The van der Waals surface area contributed by atoms with Crippen molar-refractivity contribution in [3.8, 4) is 11.5 Å². The Bertz CT molecular complexity index is 684. The molecule has 2 N–H and O–H groups in total. The number of methoxy groups -OCH3 is 1. The SMILES string of the molecule is CN=C(NCc1ccc(C)cc1)NCC(C)Oc1ccccc1OC. The third-order valence-corrected chi connectivity index (χ3v) is 3.76. The van der Waals surface area contributed by atoms with Crippen molar-refractivity contribution in [2.75, 3.05) is 20.7 Å². The number of rotatable bonds is 7. The lowest BCUT2D eigenvalue weighted by Crippen LogP contribution is -2.41. The molecule has 0 aliphatic heterocycles. The lowest BCUT2D eigenvalue weighted by Gasteiger charge is -2.19. The maximum absolute atomic E-state index is 5.94. The summed E-state index contributed by atoms with van der Waals surface area (Å²) in [4.78, 5) is 4.25. The van der Waals surface area contributed by atoms with Gasteiger partial charge in [-0.25, -0.2) is 0 Å². The summed E-state index contributed by atoms with van der Waals surface area (Å²) < 4.78 is 11.2. The molecule has 0 aromatic heterocycles. The van der Waals surface area contributed by atoms with E-state index in [1.54, 1.807) is 14.2 Å². The molecule has 2 aromatic carbocycles. The van der Waals surface area contributed by atoms with Crippen molar-refractivity contribution < 1.29 is 9.47 Å². The summed E-state index contributed by atoms with van der Waals surface area (Å²) in [5.74, 6) is 2.22. The van der Waals surface area contributed by atoms with Crippen LogP contribution in [0.25, 0.3) is 0 Å². The van der Waals surface area contributed by atoms with Crippen molar-refractivity contribution in [1.82, 2.24) is 10.6 Å². The van der Waals surface area contributed by atoms with E-state index in [-0.39, 0.29) is 6.10 Å². The third kappa shape index (κ3) is 6.03. The second kappa shape index (κ2) is 9.57. The molecular formula is C20H27N3O2. The number of aryl methyl sites for hydroxylation is 1. The lowest BCUT2D eigenvalue weighted by molar-refractivity contribution is 0.213. The fraction of sp³-hybridized carbons (Fsp3) is 0.350. The molecule has 0 aliphatic rings. The topological polar surface area (TPSA) is 54.9 Å². The first kappa shape index (κ1) is 18.6. The Hall–Kier alpha value is -2.69. The lowest BCUT2D eigenvalue weighted by atomic mass is 10.1. The normalized spacial score (nSPS) is 12.4. The third-order valence-electron chi connectivity index (χ3n) is 3.76. The van der Waals surface area contributed by atoms with Crippen LogP contribution in [-0.4, -0.2) is 32.8 Å². The van der Waals surface area contributed by atoms with Gasteiger partial charge in [-0.3, -0.25) is 4.99 Å². The average molecular weight is 341 g/mol. The molecule has 5 heteroatoms. The fourth-order valence-electron chi connectivity index (χ4n) is 2.33. The first-order chi connectivity index (χ1) is 12.1. The summed E-state index contributed by atoms with van der Waals surface area (Å²) in [5.41, 5.74) is 2.47. The number of ether oxygens (including phenoxy) is 2. The molecule has 0 heterocycles. The zero-order chi connectivity index (χ0) is 18.1. The van der Waals surface area contributed by atoms with Gasteiger partial charge >= 0.3 is 0 Å². The second-order valence-corrected chi connectivity index (χ2v) is 5.87. The van der Waals surface area contributed by atoms with E-state index in [9.17, 15) is 0 Å². The molecule has 25 heavy (non-hydrogen) atoms. The van der Waals surface area contributed by atoms with E-state index in [2.05, 4.69) is 46.8 Å². The predicted octanol–water partition coefficient (Wildman–Crippen LogP) is 3.14.